The molecule has 0 spiro atoms. The third-order valence-corrected chi connectivity index (χ3v) is 3.55. The molecular weight excluding hydrogens is 238 g/mol. The van der Waals surface area contributed by atoms with Gasteiger partial charge in [-0.3, -0.25) is 9.11 Å². The van der Waals surface area contributed by atoms with E-state index in [1.165, 1.54) is 12.8 Å². The van der Waals surface area contributed by atoms with Crippen LogP contribution < -0.4 is 4.74 Å². The SMILES string of the molecule is O=S([O-])c1ccc(OCCN2CCCC2)cc1. The molecule has 1 aromatic carbocycles. The van der Waals surface area contributed by atoms with Crippen molar-refractivity contribution in [3.63, 3.8) is 0 Å². The fourth-order valence-electron chi connectivity index (χ4n) is 1.95. The zero-order valence-corrected chi connectivity index (χ0v) is 10.4. The highest BCUT2D eigenvalue weighted by Gasteiger charge is 2.10. The summed E-state index contributed by atoms with van der Waals surface area (Å²) in [5.41, 5.74) is 0. The minimum Gasteiger partial charge on any atom is -0.768 e. The van der Waals surface area contributed by atoms with Crippen LogP contribution in [0.4, 0.5) is 0 Å². The van der Waals surface area contributed by atoms with Crippen LogP contribution in [0.2, 0.25) is 0 Å². The number of benzene rings is 1. The molecule has 1 aliphatic heterocycles. The van der Waals surface area contributed by atoms with Crippen molar-refractivity contribution in [3.8, 4) is 5.75 Å². The van der Waals surface area contributed by atoms with Gasteiger partial charge in [0.1, 0.15) is 12.4 Å². The van der Waals surface area contributed by atoms with Gasteiger partial charge in [-0.1, -0.05) is 0 Å². The minimum absolute atomic E-state index is 0.289. The summed E-state index contributed by atoms with van der Waals surface area (Å²) in [6, 6.07) is 6.48. The predicted octanol–water partition coefficient (Wildman–Crippen LogP) is 1.40. The molecule has 5 heteroatoms. The standard InChI is InChI=1S/C12H17NO3S/c14-17(15)12-5-3-11(4-6-12)16-10-9-13-7-1-2-8-13/h3-6H,1-2,7-10H2,(H,14,15)/p-1. The molecule has 94 valence electrons. The van der Waals surface area contributed by atoms with Gasteiger partial charge in [0.2, 0.25) is 0 Å². The van der Waals surface area contributed by atoms with E-state index in [1.807, 2.05) is 0 Å². The molecule has 17 heavy (non-hydrogen) atoms. The molecule has 1 fully saturated rings. The summed E-state index contributed by atoms with van der Waals surface area (Å²) in [4.78, 5) is 2.66. The lowest BCUT2D eigenvalue weighted by atomic mass is 10.3. The normalized spacial score (nSPS) is 18.2. The lowest BCUT2D eigenvalue weighted by Gasteiger charge is -2.15. The highest BCUT2D eigenvalue weighted by molar-refractivity contribution is 7.79. The molecule has 0 aliphatic carbocycles. The van der Waals surface area contributed by atoms with Crippen molar-refractivity contribution in [1.29, 1.82) is 0 Å². The lowest BCUT2D eigenvalue weighted by molar-refractivity contribution is 0.237. The second-order valence-electron chi connectivity index (χ2n) is 4.10. The van der Waals surface area contributed by atoms with E-state index < -0.39 is 11.1 Å². The van der Waals surface area contributed by atoms with Crippen molar-refractivity contribution < 1.29 is 13.5 Å². The first-order valence-electron chi connectivity index (χ1n) is 5.80. The summed E-state index contributed by atoms with van der Waals surface area (Å²) in [6.45, 7) is 3.92. The summed E-state index contributed by atoms with van der Waals surface area (Å²) in [5, 5.41) is 0. The fourth-order valence-corrected chi connectivity index (χ4v) is 2.30. The molecule has 0 aromatic heterocycles. The van der Waals surface area contributed by atoms with Crippen molar-refractivity contribution in [2.75, 3.05) is 26.2 Å². The van der Waals surface area contributed by atoms with E-state index in [0.29, 0.717) is 6.61 Å². The second kappa shape index (κ2) is 6.14. The molecular formula is C12H16NO3S-. The van der Waals surface area contributed by atoms with E-state index in [0.717, 1.165) is 25.4 Å². The second-order valence-corrected chi connectivity index (χ2v) is 5.04. The van der Waals surface area contributed by atoms with E-state index in [2.05, 4.69) is 4.90 Å². The quantitative estimate of drug-likeness (QED) is 0.745. The predicted molar refractivity (Wildman–Crippen MR) is 64.8 cm³/mol. The smallest absolute Gasteiger partial charge is 0.119 e. The Morgan fingerprint density at radius 1 is 1.24 bits per heavy atom. The Labute approximate surface area is 104 Å². The molecule has 1 saturated heterocycles. The largest absolute Gasteiger partial charge is 0.768 e. The molecule has 1 atom stereocenters. The van der Waals surface area contributed by atoms with Crippen LogP contribution >= 0.6 is 0 Å². The van der Waals surface area contributed by atoms with E-state index in [1.54, 1.807) is 24.3 Å². The monoisotopic (exact) mass is 254 g/mol. The van der Waals surface area contributed by atoms with Gasteiger partial charge < -0.3 is 9.29 Å². The first-order chi connectivity index (χ1) is 8.25. The van der Waals surface area contributed by atoms with Crippen LogP contribution in [0.1, 0.15) is 12.8 Å². The molecule has 0 saturated carbocycles. The van der Waals surface area contributed by atoms with Crippen molar-refractivity contribution in [3.05, 3.63) is 24.3 Å². The van der Waals surface area contributed by atoms with Crippen LogP contribution in [0.25, 0.3) is 0 Å². The number of hydrogen-bond acceptors (Lipinski definition) is 4. The number of likely N-dealkylation sites (tertiary alicyclic amines) is 1. The number of rotatable bonds is 5. The Morgan fingerprint density at radius 3 is 2.47 bits per heavy atom. The zero-order valence-electron chi connectivity index (χ0n) is 9.63. The van der Waals surface area contributed by atoms with Crippen LogP contribution in [-0.4, -0.2) is 39.9 Å². The Balaban J connectivity index is 1.76. The fraction of sp³-hybridized carbons (Fsp3) is 0.500. The number of ether oxygens (including phenoxy) is 1. The molecule has 1 aliphatic rings. The zero-order chi connectivity index (χ0) is 12.1. The van der Waals surface area contributed by atoms with Gasteiger partial charge in [-0.2, -0.15) is 0 Å². The van der Waals surface area contributed by atoms with E-state index in [9.17, 15) is 8.76 Å². The Morgan fingerprint density at radius 2 is 1.88 bits per heavy atom. The highest BCUT2D eigenvalue weighted by atomic mass is 32.2. The molecule has 0 N–H and O–H groups in total. The van der Waals surface area contributed by atoms with Crippen LogP contribution in [-0.2, 0) is 11.1 Å². The van der Waals surface area contributed by atoms with Crippen LogP contribution in [0.3, 0.4) is 0 Å². The van der Waals surface area contributed by atoms with Crippen LogP contribution in [0.15, 0.2) is 29.2 Å². The summed E-state index contributed by atoms with van der Waals surface area (Å²) in [6.07, 6.45) is 2.56. The topological polar surface area (TPSA) is 52.6 Å². The summed E-state index contributed by atoms with van der Waals surface area (Å²) in [5.74, 6) is 0.721. The van der Waals surface area contributed by atoms with Gasteiger partial charge in [-0.05, 0) is 61.3 Å². The molecule has 4 nitrogen and oxygen atoms in total. The van der Waals surface area contributed by atoms with Gasteiger partial charge in [-0.15, -0.1) is 0 Å². The number of hydrogen-bond donors (Lipinski definition) is 0. The van der Waals surface area contributed by atoms with Crippen molar-refractivity contribution in [2.24, 2.45) is 0 Å². The molecule has 1 aromatic rings. The summed E-state index contributed by atoms with van der Waals surface area (Å²) in [7, 11) is 0. The molecule has 1 unspecified atom stereocenters. The molecule has 1 heterocycles. The summed E-state index contributed by atoms with van der Waals surface area (Å²) >= 11 is -2.16. The third-order valence-electron chi connectivity index (χ3n) is 2.89. The van der Waals surface area contributed by atoms with Crippen LogP contribution in [0, 0.1) is 0 Å². The highest BCUT2D eigenvalue weighted by Crippen LogP contribution is 2.14. The Kier molecular flexibility index (Phi) is 4.53. The van der Waals surface area contributed by atoms with Crippen molar-refractivity contribution in [2.45, 2.75) is 17.7 Å². The molecule has 0 radical (unpaired) electrons. The minimum atomic E-state index is -2.16. The van der Waals surface area contributed by atoms with Gasteiger partial charge in [0.15, 0.2) is 0 Å². The molecule has 0 bridgehead atoms. The first-order valence-corrected chi connectivity index (χ1v) is 6.88. The van der Waals surface area contributed by atoms with Gasteiger partial charge in [0.05, 0.1) is 0 Å². The molecule has 2 rings (SSSR count). The number of nitrogens with zero attached hydrogens (tertiary/aromatic N) is 1. The Hall–Kier alpha value is -0.910. The Bertz CT molecular complexity index is 374. The van der Waals surface area contributed by atoms with Gasteiger partial charge in [0, 0.05) is 11.4 Å². The maximum Gasteiger partial charge on any atom is 0.119 e. The van der Waals surface area contributed by atoms with Gasteiger partial charge in [-0.25, -0.2) is 0 Å². The maximum atomic E-state index is 10.7. The average Bonchev–Trinajstić information content (AvgIpc) is 2.83. The average molecular weight is 254 g/mol. The molecule has 0 amide bonds. The van der Waals surface area contributed by atoms with Crippen molar-refractivity contribution in [1.82, 2.24) is 4.90 Å². The van der Waals surface area contributed by atoms with E-state index in [-0.39, 0.29) is 4.90 Å². The summed E-state index contributed by atoms with van der Waals surface area (Å²) < 4.78 is 26.9. The van der Waals surface area contributed by atoms with Gasteiger partial charge >= 0.3 is 0 Å². The lowest BCUT2D eigenvalue weighted by Crippen LogP contribution is -2.25. The van der Waals surface area contributed by atoms with E-state index in [4.69, 9.17) is 4.74 Å². The van der Waals surface area contributed by atoms with Crippen molar-refractivity contribution >= 4 is 11.1 Å². The van der Waals surface area contributed by atoms with Crippen LogP contribution in [0.5, 0.6) is 5.75 Å². The van der Waals surface area contributed by atoms with E-state index >= 15 is 0 Å². The first kappa shape index (κ1) is 12.5. The third kappa shape index (κ3) is 3.80. The maximum absolute atomic E-state index is 10.7. The van der Waals surface area contributed by atoms with Gasteiger partial charge in [0.25, 0.3) is 0 Å².